The topological polar surface area (TPSA) is 41.8 Å². The molecule has 0 fully saturated rings. The minimum Gasteiger partial charge on any atom is -0.494 e. The standard InChI is InChI=1S/C11H15NO2/c1-3-8-14-11-6-4-10(5-7-11)9(2)12-13/h4-7,13H,3,8H2,1-2H3. The number of benzene rings is 1. The van der Waals surface area contributed by atoms with E-state index in [1.807, 2.05) is 24.3 Å². The van der Waals surface area contributed by atoms with Gasteiger partial charge in [-0.15, -0.1) is 0 Å². The third-order valence-electron chi connectivity index (χ3n) is 1.89. The van der Waals surface area contributed by atoms with E-state index in [-0.39, 0.29) is 0 Å². The molecule has 0 aliphatic heterocycles. The molecule has 14 heavy (non-hydrogen) atoms. The van der Waals surface area contributed by atoms with Crippen molar-refractivity contribution in [3.8, 4) is 5.75 Å². The molecule has 0 aliphatic rings. The Balaban J connectivity index is 2.68. The molecule has 0 amide bonds. The minimum atomic E-state index is 0.604. The highest BCUT2D eigenvalue weighted by Gasteiger charge is 1.98. The second-order valence-corrected chi connectivity index (χ2v) is 3.06. The lowest BCUT2D eigenvalue weighted by Gasteiger charge is -2.04. The van der Waals surface area contributed by atoms with Crippen LogP contribution in [0.1, 0.15) is 25.8 Å². The van der Waals surface area contributed by atoms with Gasteiger partial charge in [-0.05, 0) is 43.2 Å². The number of hydrogen-bond donors (Lipinski definition) is 1. The van der Waals surface area contributed by atoms with Crippen molar-refractivity contribution < 1.29 is 9.94 Å². The summed E-state index contributed by atoms with van der Waals surface area (Å²) in [4.78, 5) is 0. The van der Waals surface area contributed by atoms with Gasteiger partial charge >= 0.3 is 0 Å². The van der Waals surface area contributed by atoms with Gasteiger partial charge < -0.3 is 9.94 Å². The van der Waals surface area contributed by atoms with Crippen LogP contribution in [0.5, 0.6) is 5.75 Å². The third-order valence-corrected chi connectivity index (χ3v) is 1.89. The molecule has 0 bridgehead atoms. The van der Waals surface area contributed by atoms with E-state index >= 15 is 0 Å². The number of oxime groups is 1. The maximum absolute atomic E-state index is 8.56. The van der Waals surface area contributed by atoms with Crippen molar-refractivity contribution in [2.75, 3.05) is 6.61 Å². The van der Waals surface area contributed by atoms with Crippen molar-refractivity contribution in [2.24, 2.45) is 5.16 Å². The smallest absolute Gasteiger partial charge is 0.119 e. The molecule has 0 radical (unpaired) electrons. The lowest BCUT2D eigenvalue weighted by Crippen LogP contribution is -1.97. The first-order valence-electron chi connectivity index (χ1n) is 4.69. The first-order chi connectivity index (χ1) is 6.77. The van der Waals surface area contributed by atoms with E-state index in [2.05, 4.69) is 12.1 Å². The van der Waals surface area contributed by atoms with Crippen LogP contribution in [0.15, 0.2) is 29.4 Å². The van der Waals surface area contributed by atoms with E-state index in [0.29, 0.717) is 5.71 Å². The SMILES string of the molecule is CCCOc1ccc(C(C)=NO)cc1. The summed E-state index contributed by atoms with van der Waals surface area (Å²) in [5.74, 6) is 0.848. The Morgan fingerprint density at radius 2 is 2.00 bits per heavy atom. The van der Waals surface area contributed by atoms with Crippen molar-refractivity contribution in [1.82, 2.24) is 0 Å². The predicted octanol–water partition coefficient (Wildman–Crippen LogP) is 2.67. The average molecular weight is 193 g/mol. The quantitative estimate of drug-likeness (QED) is 0.454. The van der Waals surface area contributed by atoms with Gasteiger partial charge in [0.25, 0.3) is 0 Å². The Hall–Kier alpha value is -1.51. The van der Waals surface area contributed by atoms with Crippen molar-refractivity contribution >= 4 is 5.71 Å². The molecule has 0 spiro atoms. The zero-order chi connectivity index (χ0) is 10.4. The van der Waals surface area contributed by atoms with Gasteiger partial charge in [-0.25, -0.2) is 0 Å². The molecular weight excluding hydrogens is 178 g/mol. The largest absolute Gasteiger partial charge is 0.494 e. The molecule has 1 aromatic rings. The first-order valence-corrected chi connectivity index (χ1v) is 4.69. The van der Waals surface area contributed by atoms with E-state index in [0.717, 1.165) is 24.3 Å². The van der Waals surface area contributed by atoms with E-state index in [4.69, 9.17) is 9.94 Å². The molecule has 3 heteroatoms. The summed E-state index contributed by atoms with van der Waals surface area (Å²) in [6.07, 6.45) is 0.999. The molecule has 1 aromatic carbocycles. The average Bonchev–Trinajstić information content (AvgIpc) is 2.26. The third kappa shape index (κ3) is 2.76. The van der Waals surface area contributed by atoms with Crippen LogP contribution < -0.4 is 4.74 Å². The molecule has 0 saturated heterocycles. The first kappa shape index (κ1) is 10.6. The second kappa shape index (κ2) is 5.27. The minimum absolute atomic E-state index is 0.604. The van der Waals surface area contributed by atoms with Crippen molar-refractivity contribution in [3.05, 3.63) is 29.8 Å². The van der Waals surface area contributed by atoms with Crippen molar-refractivity contribution in [2.45, 2.75) is 20.3 Å². The number of ether oxygens (including phenoxy) is 1. The molecule has 0 atom stereocenters. The second-order valence-electron chi connectivity index (χ2n) is 3.06. The maximum Gasteiger partial charge on any atom is 0.119 e. The normalized spacial score (nSPS) is 11.4. The molecule has 3 nitrogen and oxygen atoms in total. The fourth-order valence-electron chi connectivity index (χ4n) is 1.07. The van der Waals surface area contributed by atoms with E-state index < -0.39 is 0 Å². The van der Waals surface area contributed by atoms with Gasteiger partial charge in [-0.2, -0.15) is 0 Å². The molecule has 0 aromatic heterocycles. The molecule has 0 heterocycles. The fraction of sp³-hybridized carbons (Fsp3) is 0.364. The summed E-state index contributed by atoms with van der Waals surface area (Å²) in [6, 6.07) is 7.50. The molecule has 1 N–H and O–H groups in total. The van der Waals surface area contributed by atoms with E-state index in [1.165, 1.54) is 0 Å². The molecule has 1 rings (SSSR count). The molecule has 0 aliphatic carbocycles. The van der Waals surface area contributed by atoms with Crippen LogP contribution in [0.2, 0.25) is 0 Å². The zero-order valence-corrected chi connectivity index (χ0v) is 8.53. The predicted molar refractivity (Wildman–Crippen MR) is 56.2 cm³/mol. The highest BCUT2D eigenvalue weighted by Crippen LogP contribution is 2.12. The van der Waals surface area contributed by atoms with Crippen LogP contribution in [-0.4, -0.2) is 17.5 Å². The van der Waals surface area contributed by atoms with Gasteiger partial charge in [0.2, 0.25) is 0 Å². The van der Waals surface area contributed by atoms with Gasteiger partial charge in [-0.3, -0.25) is 0 Å². The monoisotopic (exact) mass is 193 g/mol. The lowest BCUT2D eigenvalue weighted by molar-refractivity contribution is 0.317. The van der Waals surface area contributed by atoms with Gasteiger partial charge in [-0.1, -0.05) is 12.1 Å². The summed E-state index contributed by atoms with van der Waals surface area (Å²) in [7, 11) is 0. The van der Waals surface area contributed by atoms with Crippen LogP contribution in [0.25, 0.3) is 0 Å². The van der Waals surface area contributed by atoms with Crippen LogP contribution in [-0.2, 0) is 0 Å². The zero-order valence-electron chi connectivity index (χ0n) is 8.53. The highest BCUT2D eigenvalue weighted by atomic mass is 16.5. The van der Waals surface area contributed by atoms with Gasteiger partial charge in [0.05, 0.1) is 12.3 Å². The van der Waals surface area contributed by atoms with Crippen LogP contribution in [0.3, 0.4) is 0 Å². The van der Waals surface area contributed by atoms with E-state index in [1.54, 1.807) is 6.92 Å². The van der Waals surface area contributed by atoms with Gasteiger partial charge in [0.15, 0.2) is 0 Å². The summed E-state index contributed by atoms with van der Waals surface area (Å²) in [6.45, 7) is 4.55. The number of hydrogen-bond acceptors (Lipinski definition) is 3. The Bertz CT molecular complexity index is 304. The van der Waals surface area contributed by atoms with Crippen LogP contribution in [0, 0.1) is 0 Å². The Labute approximate surface area is 84.0 Å². The van der Waals surface area contributed by atoms with Crippen molar-refractivity contribution in [3.63, 3.8) is 0 Å². The molecule has 0 unspecified atom stereocenters. The van der Waals surface area contributed by atoms with Gasteiger partial charge in [0.1, 0.15) is 5.75 Å². The van der Waals surface area contributed by atoms with Crippen LogP contribution >= 0.6 is 0 Å². The Morgan fingerprint density at radius 1 is 1.36 bits per heavy atom. The lowest BCUT2D eigenvalue weighted by atomic mass is 10.1. The van der Waals surface area contributed by atoms with Gasteiger partial charge in [0, 0.05) is 0 Å². The number of rotatable bonds is 4. The summed E-state index contributed by atoms with van der Waals surface area (Å²) in [5.41, 5.74) is 1.50. The Kier molecular flexibility index (Phi) is 3.98. The van der Waals surface area contributed by atoms with E-state index in [9.17, 15) is 0 Å². The van der Waals surface area contributed by atoms with Crippen molar-refractivity contribution in [1.29, 1.82) is 0 Å². The molecule has 0 saturated carbocycles. The highest BCUT2D eigenvalue weighted by molar-refractivity contribution is 5.98. The van der Waals surface area contributed by atoms with Crippen LogP contribution in [0.4, 0.5) is 0 Å². The fourth-order valence-corrected chi connectivity index (χ4v) is 1.07. The Morgan fingerprint density at radius 3 is 2.50 bits per heavy atom. The summed E-state index contributed by atoms with van der Waals surface area (Å²) in [5, 5.41) is 11.7. The summed E-state index contributed by atoms with van der Waals surface area (Å²) >= 11 is 0. The molecular formula is C11H15NO2. The summed E-state index contributed by atoms with van der Waals surface area (Å²) < 4.78 is 5.42. The maximum atomic E-state index is 8.56. The number of nitrogens with zero attached hydrogens (tertiary/aromatic N) is 1. The molecule has 76 valence electrons.